The summed E-state index contributed by atoms with van der Waals surface area (Å²) in [5.41, 5.74) is 0. The Hall–Kier alpha value is -0.940. The second kappa shape index (κ2) is 5.68. The molecule has 0 radical (unpaired) electrons. The largest absolute Gasteiger partial charge is 0.504 e. The lowest BCUT2D eigenvalue weighted by atomic mass is 10.3. The van der Waals surface area contributed by atoms with Crippen LogP contribution < -0.4 is 0 Å². The standard InChI is InChI=1S/C6H6O2.CH2OS2/c7-5-3-1-2-4-6(5)8;2-1(3)4/h1-4,7-8H;(H2,2,3,4). The zero-order valence-corrected chi connectivity index (χ0v) is 7.72. The van der Waals surface area contributed by atoms with E-state index < -0.39 is 0 Å². The monoisotopic (exact) mass is 204 g/mol. The van der Waals surface area contributed by atoms with Gasteiger partial charge in [0, 0.05) is 0 Å². The lowest BCUT2D eigenvalue weighted by molar-refractivity contribution is 0.404. The first-order chi connectivity index (χ1) is 5.54. The van der Waals surface area contributed by atoms with Crippen molar-refractivity contribution in [1.29, 1.82) is 0 Å². The molecule has 66 valence electrons. The molecule has 3 nitrogen and oxygen atoms in total. The van der Waals surface area contributed by atoms with Gasteiger partial charge in [0.2, 0.25) is 4.38 Å². The Morgan fingerprint density at radius 3 is 1.58 bits per heavy atom. The van der Waals surface area contributed by atoms with E-state index in [1.54, 1.807) is 12.1 Å². The molecule has 0 unspecified atom stereocenters. The molecule has 0 spiro atoms. The van der Waals surface area contributed by atoms with Crippen LogP contribution in [0.25, 0.3) is 0 Å². The molecule has 0 saturated heterocycles. The third-order valence-corrected chi connectivity index (χ3v) is 0.882. The van der Waals surface area contributed by atoms with Crippen molar-refractivity contribution in [2.24, 2.45) is 0 Å². The number of aromatic hydroxyl groups is 2. The number of para-hydroxylation sites is 2. The van der Waals surface area contributed by atoms with Crippen molar-refractivity contribution in [1.82, 2.24) is 0 Å². The molecule has 3 N–H and O–H groups in total. The smallest absolute Gasteiger partial charge is 0.214 e. The summed E-state index contributed by atoms with van der Waals surface area (Å²) < 4.78 is -0.306. The van der Waals surface area contributed by atoms with Crippen LogP contribution in [0.3, 0.4) is 0 Å². The highest BCUT2D eigenvalue weighted by Crippen LogP contribution is 2.21. The third-order valence-electron chi connectivity index (χ3n) is 0.882. The van der Waals surface area contributed by atoms with Crippen molar-refractivity contribution >= 4 is 29.2 Å². The Morgan fingerprint density at radius 2 is 1.42 bits per heavy atom. The van der Waals surface area contributed by atoms with Crippen LogP contribution in [0.15, 0.2) is 24.3 Å². The summed E-state index contributed by atoms with van der Waals surface area (Å²) in [7, 11) is 0. The number of rotatable bonds is 0. The summed E-state index contributed by atoms with van der Waals surface area (Å²) in [5, 5.41) is 25.0. The Morgan fingerprint density at radius 1 is 1.17 bits per heavy atom. The predicted molar refractivity (Wildman–Crippen MR) is 54.0 cm³/mol. The van der Waals surface area contributed by atoms with Crippen LogP contribution in [0.2, 0.25) is 0 Å². The maximum Gasteiger partial charge on any atom is 0.214 e. The molecular formula is C7H8O3S2. The number of aliphatic hydroxyl groups is 1. The van der Waals surface area contributed by atoms with Crippen molar-refractivity contribution < 1.29 is 15.3 Å². The Balaban J connectivity index is 0.000000261. The summed E-state index contributed by atoms with van der Waals surface area (Å²) in [4.78, 5) is 0. The Labute approximate surface area is 80.7 Å². The lowest BCUT2D eigenvalue weighted by Gasteiger charge is -1.91. The number of aliphatic hydroxyl groups excluding tert-OH is 1. The van der Waals surface area contributed by atoms with E-state index in [4.69, 9.17) is 15.3 Å². The van der Waals surface area contributed by atoms with Gasteiger partial charge in [-0.15, -0.1) is 0 Å². The second-order valence-electron chi connectivity index (χ2n) is 1.77. The lowest BCUT2D eigenvalue weighted by Crippen LogP contribution is -1.66. The van der Waals surface area contributed by atoms with Crippen molar-refractivity contribution in [3.8, 4) is 11.5 Å². The molecule has 0 bridgehead atoms. The molecule has 12 heavy (non-hydrogen) atoms. The van der Waals surface area contributed by atoms with E-state index in [2.05, 4.69) is 24.8 Å². The zero-order chi connectivity index (χ0) is 9.56. The fourth-order valence-corrected chi connectivity index (χ4v) is 0.464. The fraction of sp³-hybridized carbons (Fsp3) is 0. The van der Waals surface area contributed by atoms with Crippen LogP contribution in [-0.2, 0) is 0 Å². The molecule has 0 atom stereocenters. The van der Waals surface area contributed by atoms with E-state index in [1.807, 2.05) is 0 Å². The van der Waals surface area contributed by atoms with Crippen molar-refractivity contribution in [2.75, 3.05) is 0 Å². The molecule has 0 amide bonds. The summed E-state index contributed by atoms with van der Waals surface area (Å²) in [6.45, 7) is 0. The van der Waals surface area contributed by atoms with Gasteiger partial charge in [-0.3, -0.25) is 0 Å². The van der Waals surface area contributed by atoms with Gasteiger partial charge in [0.1, 0.15) is 0 Å². The molecule has 0 aliphatic heterocycles. The molecule has 0 heterocycles. The van der Waals surface area contributed by atoms with Crippen LogP contribution in [0.5, 0.6) is 11.5 Å². The topological polar surface area (TPSA) is 60.7 Å². The summed E-state index contributed by atoms with van der Waals surface area (Å²) in [6.07, 6.45) is 0. The molecule has 0 aliphatic rings. The quantitative estimate of drug-likeness (QED) is 0.296. The van der Waals surface area contributed by atoms with E-state index in [0.29, 0.717) is 0 Å². The van der Waals surface area contributed by atoms with Crippen LogP contribution in [0.1, 0.15) is 0 Å². The van der Waals surface area contributed by atoms with Gasteiger partial charge in [-0.05, 0) is 24.4 Å². The van der Waals surface area contributed by atoms with Gasteiger partial charge in [-0.1, -0.05) is 24.8 Å². The number of thiocarbonyl (C=S) groups is 1. The van der Waals surface area contributed by atoms with Gasteiger partial charge < -0.3 is 15.3 Å². The third kappa shape index (κ3) is 5.82. The summed E-state index contributed by atoms with van der Waals surface area (Å²) in [5.74, 6) is -0.153. The van der Waals surface area contributed by atoms with Crippen molar-refractivity contribution in [2.45, 2.75) is 0 Å². The first kappa shape index (κ1) is 11.1. The number of benzene rings is 1. The van der Waals surface area contributed by atoms with Crippen LogP contribution in [0, 0.1) is 0 Å². The van der Waals surface area contributed by atoms with E-state index in [1.165, 1.54) is 12.1 Å². The van der Waals surface area contributed by atoms with E-state index in [9.17, 15) is 0 Å². The Kier molecular flexibility index (Phi) is 5.23. The second-order valence-corrected chi connectivity index (χ2v) is 2.88. The molecule has 5 heteroatoms. The molecule has 1 rings (SSSR count). The predicted octanol–water partition coefficient (Wildman–Crippen LogP) is 1.86. The van der Waals surface area contributed by atoms with Gasteiger partial charge in [0.05, 0.1) is 0 Å². The fourth-order valence-electron chi connectivity index (χ4n) is 0.464. The minimum atomic E-state index is -0.306. The number of thiol groups is 1. The summed E-state index contributed by atoms with van der Waals surface area (Å²) >= 11 is 7.21. The minimum Gasteiger partial charge on any atom is -0.504 e. The first-order valence-corrected chi connectivity index (χ1v) is 3.78. The zero-order valence-electron chi connectivity index (χ0n) is 6.01. The van der Waals surface area contributed by atoms with E-state index in [0.717, 1.165) is 0 Å². The average molecular weight is 204 g/mol. The maximum atomic E-state index is 8.67. The van der Waals surface area contributed by atoms with Gasteiger partial charge >= 0.3 is 0 Å². The van der Waals surface area contributed by atoms with Crippen LogP contribution >= 0.6 is 24.8 Å². The molecular weight excluding hydrogens is 196 g/mol. The van der Waals surface area contributed by atoms with E-state index in [-0.39, 0.29) is 15.9 Å². The molecule has 0 aromatic heterocycles. The van der Waals surface area contributed by atoms with Gasteiger partial charge in [-0.25, -0.2) is 0 Å². The molecule has 0 saturated carbocycles. The number of phenolic OH excluding ortho intramolecular Hbond substituents is 2. The van der Waals surface area contributed by atoms with Gasteiger partial charge in [-0.2, -0.15) is 0 Å². The van der Waals surface area contributed by atoms with Gasteiger partial charge in [0.25, 0.3) is 0 Å². The van der Waals surface area contributed by atoms with Gasteiger partial charge in [0.15, 0.2) is 11.5 Å². The Bertz CT molecular complexity index is 238. The van der Waals surface area contributed by atoms with E-state index >= 15 is 0 Å². The SMILES string of the molecule is OC(=S)S.Oc1ccccc1O. The number of hydrogen-bond acceptors (Lipinski definition) is 3. The number of hydrogen-bond donors (Lipinski definition) is 4. The van der Waals surface area contributed by atoms with Crippen LogP contribution in [0.4, 0.5) is 0 Å². The van der Waals surface area contributed by atoms with Crippen molar-refractivity contribution in [3.05, 3.63) is 24.3 Å². The molecule has 0 fully saturated rings. The summed E-state index contributed by atoms with van der Waals surface area (Å²) in [6, 6.07) is 6.15. The first-order valence-electron chi connectivity index (χ1n) is 2.93. The van der Waals surface area contributed by atoms with Crippen molar-refractivity contribution in [3.63, 3.8) is 0 Å². The molecule has 1 aromatic carbocycles. The molecule has 0 aliphatic carbocycles. The maximum absolute atomic E-state index is 8.67. The average Bonchev–Trinajstić information content (AvgIpc) is 1.94. The highest BCUT2D eigenvalue weighted by molar-refractivity contribution is 8.10. The number of phenols is 2. The minimum absolute atomic E-state index is 0.0764. The molecule has 1 aromatic rings. The van der Waals surface area contributed by atoms with Crippen LogP contribution in [-0.4, -0.2) is 19.7 Å². The highest BCUT2D eigenvalue weighted by Gasteiger charge is 1.90. The highest BCUT2D eigenvalue weighted by atomic mass is 32.1. The normalized spacial score (nSPS) is 8.08.